The molecule has 10 heteroatoms. The van der Waals surface area contributed by atoms with E-state index in [1.807, 2.05) is 0 Å². The van der Waals surface area contributed by atoms with Crippen LogP contribution in [-0.2, 0) is 25.4 Å². The predicted molar refractivity (Wildman–Crippen MR) is 31.9 cm³/mol. The van der Waals surface area contributed by atoms with Gasteiger partial charge in [-0.25, -0.2) is 0 Å². The first kappa shape index (κ1) is 10.7. The summed E-state index contributed by atoms with van der Waals surface area (Å²) in [5, 5.41) is 0. The normalized spacial score (nSPS) is 13.8. The maximum Gasteiger partial charge on any atom is 0.374 e. The average Bonchev–Trinajstić information content (AvgIpc) is 1.56. The van der Waals surface area contributed by atoms with Crippen LogP contribution in [0.5, 0.6) is 0 Å². The van der Waals surface area contributed by atoms with Crippen molar-refractivity contribution in [2.24, 2.45) is 0 Å². The summed E-state index contributed by atoms with van der Waals surface area (Å²) in [4.78, 5) is 3.64. The largest absolute Gasteiger partial charge is 0.374 e. The quantitative estimate of drug-likeness (QED) is 0.424. The van der Waals surface area contributed by atoms with Crippen molar-refractivity contribution in [3.63, 3.8) is 0 Å². The van der Waals surface area contributed by atoms with Gasteiger partial charge in [-0.05, 0) is 0 Å². The van der Waals surface area contributed by atoms with Crippen molar-refractivity contribution >= 4 is 20.6 Å². The molecule has 8 nitrogen and oxygen atoms in total. The Balaban J connectivity index is 5.05. The van der Waals surface area contributed by atoms with Gasteiger partial charge in [0.25, 0.3) is 0 Å². The zero-order valence-corrected chi connectivity index (χ0v) is 6.83. The molecule has 0 atom stereocenters. The molecule has 0 saturated carbocycles. The van der Waals surface area contributed by atoms with Crippen LogP contribution in [-0.4, -0.2) is 36.9 Å². The van der Waals surface area contributed by atoms with Crippen LogP contribution in [0.15, 0.2) is 0 Å². The zero-order valence-electron chi connectivity index (χ0n) is 5.20. The van der Waals surface area contributed by atoms with E-state index >= 15 is 0 Å². The van der Waals surface area contributed by atoms with E-state index < -0.39 is 24.5 Å². The Hall–Kier alpha value is -0.260. The van der Waals surface area contributed by atoms with Crippen molar-refractivity contribution in [1.82, 2.24) is 3.87 Å². The summed E-state index contributed by atoms with van der Waals surface area (Å²) in [5.74, 6) is 0. The topological polar surface area (TPSA) is 121 Å². The minimum atomic E-state index is -5.10. The Kier molecular flexibility index (Phi) is 2.93. The molecule has 0 fully saturated rings. The van der Waals surface area contributed by atoms with Gasteiger partial charge < -0.3 is 0 Å². The highest BCUT2D eigenvalue weighted by molar-refractivity contribution is 7.98. The van der Waals surface area contributed by atoms with Gasteiger partial charge in [-0.3, -0.25) is 13.9 Å². The molecule has 0 radical (unpaired) electrons. The molecule has 0 amide bonds. The molecule has 0 spiro atoms. The van der Waals surface area contributed by atoms with Gasteiger partial charge in [0.2, 0.25) is 0 Å². The summed E-state index contributed by atoms with van der Waals surface area (Å²) in [6.07, 6.45) is 0. The first-order valence-corrected chi connectivity index (χ1v) is 4.78. The van der Waals surface area contributed by atoms with Crippen LogP contribution in [0.2, 0.25) is 0 Å². The SMILES string of the molecule is CON(S(=O)(=O)O)S(=O)(=O)O. The van der Waals surface area contributed by atoms with E-state index in [2.05, 4.69) is 4.84 Å². The van der Waals surface area contributed by atoms with Crippen LogP contribution < -0.4 is 0 Å². The second-order valence-electron chi connectivity index (χ2n) is 1.30. The number of nitrogens with zero attached hydrogens (tertiary/aromatic N) is 1. The lowest BCUT2D eigenvalue weighted by molar-refractivity contribution is 0.0127. The lowest BCUT2D eigenvalue weighted by atomic mass is 11.7. The van der Waals surface area contributed by atoms with Crippen molar-refractivity contribution in [2.75, 3.05) is 7.11 Å². The van der Waals surface area contributed by atoms with E-state index in [-0.39, 0.29) is 0 Å². The molecule has 0 aromatic rings. The Labute approximate surface area is 63.1 Å². The van der Waals surface area contributed by atoms with E-state index in [0.717, 1.165) is 0 Å². The summed E-state index contributed by atoms with van der Waals surface area (Å²) in [5.41, 5.74) is 0. The first-order valence-electron chi connectivity index (χ1n) is 1.99. The van der Waals surface area contributed by atoms with E-state index in [4.69, 9.17) is 9.11 Å². The fourth-order valence-electron chi connectivity index (χ4n) is 0.307. The Bertz CT molecular complexity index is 278. The lowest BCUT2D eigenvalue weighted by Gasteiger charge is -2.09. The van der Waals surface area contributed by atoms with Gasteiger partial charge in [-0.1, -0.05) is 0 Å². The third-order valence-corrected chi connectivity index (χ3v) is 2.71. The van der Waals surface area contributed by atoms with Gasteiger partial charge in [-0.2, -0.15) is 16.8 Å². The minimum absolute atomic E-state index is 0.640. The second-order valence-corrected chi connectivity index (χ2v) is 3.99. The second kappa shape index (κ2) is 3.00. The van der Waals surface area contributed by atoms with Crippen molar-refractivity contribution in [2.45, 2.75) is 0 Å². The van der Waals surface area contributed by atoms with E-state index in [0.29, 0.717) is 7.11 Å². The van der Waals surface area contributed by atoms with Gasteiger partial charge in [0, 0.05) is 0 Å². The third-order valence-electron chi connectivity index (χ3n) is 0.526. The zero-order chi connectivity index (χ0) is 9.28. The summed E-state index contributed by atoms with van der Waals surface area (Å²) in [6, 6.07) is 0. The van der Waals surface area contributed by atoms with Gasteiger partial charge >= 0.3 is 20.6 Å². The molecule has 0 aliphatic carbocycles. The number of hydrogen-bond acceptors (Lipinski definition) is 5. The monoisotopic (exact) mass is 207 g/mol. The first-order chi connectivity index (χ1) is 4.69. The van der Waals surface area contributed by atoms with E-state index in [1.165, 1.54) is 0 Å². The number of rotatable bonds is 3. The lowest BCUT2D eigenvalue weighted by Crippen LogP contribution is -2.34. The summed E-state index contributed by atoms with van der Waals surface area (Å²) < 4.78 is 55.3. The molecule has 0 aromatic heterocycles. The molecule has 0 aromatic carbocycles. The molecule has 0 rings (SSSR count). The molecule has 11 heavy (non-hydrogen) atoms. The third kappa shape index (κ3) is 3.09. The van der Waals surface area contributed by atoms with Crippen LogP contribution in [0.4, 0.5) is 0 Å². The molecule has 0 aliphatic rings. The molecular weight excluding hydrogens is 202 g/mol. The smallest absolute Gasteiger partial charge is 0.271 e. The van der Waals surface area contributed by atoms with Crippen LogP contribution in [0.3, 0.4) is 0 Å². The molecule has 2 N–H and O–H groups in total. The Morgan fingerprint density at radius 3 is 1.36 bits per heavy atom. The molecule has 0 aliphatic heterocycles. The fourth-order valence-corrected chi connectivity index (χ4v) is 1.64. The average molecular weight is 207 g/mol. The highest BCUT2D eigenvalue weighted by Gasteiger charge is 2.31. The fraction of sp³-hybridized carbons (Fsp3) is 1.00. The summed E-state index contributed by atoms with van der Waals surface area (Å²) in [6.45, 7) is 0. The highest BCUT2D eigenvalue weighted by Crippen LogP contribution is 2.02. The van der Waals surface area contributed by atoms with E-state index in [1.54, 1.807) is 0 Å². The van der Waals surface area contributed by atoms with Crippen LogP contribution in [0.25, 0.3) is 0 Å². The molecule has 0 unspecified atom stereocenters. The van der Waals surface area contributed by atoms with Crippen LogP contribution in [0, 0.1) is 0 Å². The Morgan fingerprint density at radius 2 is 1.36 bits per heavy atom. The molecule has 68 valence electrons. The maximum absolute atomic E-state index is 10.0. The summed E-state index contributed by atoms with van der Waals surface area (Å²) in [7, 11) is -9.56. The van der Waals surface area contributed by atoms with Crippen molar-refractivity contribution < 1.29 is 30.8 Å². The molecular formula is CH5NO7S2. The van der Waals surface area contributed by atoms with Gasteiger partial charge in [0.05, 0.1) is 11.0 Å². The minimum Gasteiger partial charge on any atom is -0.271 e. The van der Waals surface area contributed by atoms with E-state index in [9.17, 15) is 16.8 Å². The molecule has 0 heterocycles. The maximum atomic E-state index is 10.0. The standard InChI is InChI=1S/CH5NO7S2/c1-9-2(10(3,4)5)11(6,7)8/h1H3,(H,3,4,5)(H,6,7,8). The van der Waals surface area contributed by atoms with Crippen LogP contribution >= 0.6 is 0 Å². The van der Waals surface area contributed by atoms with Crippen LogP contribution in [0.1, 0.15) is 0 Å². The van der Waals surface area contributed by atoms with Gasteiger partial charge in [-0.15, -0.1) is 0 Å². The summed E-state index contributed by atoms with van der Waals surface area (Å²) >= 11 is 0. The van der Waals surface area contributed by atoms with Crippen molar-refractivity contribution in [1.29, 1.82) is 0 Å². The Morgan fingerprint density at radius 1 is 1.09 bits per heavy atom. The highest BCUT2D eigenvalue weighted by atomic mass is 32.3. The van der Waals surface area contributed by atoms with Gasteiger partial charge in [0.15, 0.2) is 0 Å². The molecule has 0 saturated heterocycles. The van der Waals surface area contributed by atoms with Crippen molar-refractivity contribution in [3.05, 3.63) is 0 Å². The van der Waals surface area contributed by atoms with Crippen molar-refractivity contribution in [3.8, 4) is 0 Å². The predicted octanol–water partition coefficient (Wildman–Crippen LogP) is -1.54. The number of hydrogen-bond donors (Lipinski definition) is 2. The van der Waals surface area contributed by atoms with Gasteiger partial charge in [0.1, 0.15) is 0 Å². The molecule has 0 bridgehead atoms.